The van der Waals surface area contributed by atoms with E-state index in [0.29, 0.717) is 11.0 Å². The third kappa shape index (κ3) is 3.05. The first kappa shape index (κ1) is 13.4. The molecule has 0 aliphatic carbocycles. The van der Waals surface area contributed by atoms with Gasteiger partial charge in [-0.2, -0.15) is 0 Å². The number of hydrogen-bond donors (Lipinski definition) is 1. The van der Waals surface area contributed by atoms with Gasteiger partial charge in [-0.3, -0.25) is 0 Å². The molecule has 0 spiro atoms. The van der Waals surface area contributed by atoms with Crippen LogP contribution < -0.4 is 4.90 Å². The molecule has 0 bridgehead atoms. The highest BCUT2D eigenvalue weighted by molar-refractivity contribution is 9.10. The fourth-order valence-corrected chi connectivity index (χ4v) is 3.01. The summed E-state index contributed by atoms with van der Waals surface area (Å²) < 4.78 is 0.820. The summed E-state index contributed by atoms with van der Waals surface area (Å²) in [4.78, 5) is 13.4. The normalized spacial score (nSPS) is 18.7. The van der Waals surface area contributed by atoms with Gasteiger partial charge in [0.2, 0.25) is 0 Å². The highest BCUT2D eigenvalue weighted by Crippen LogP contribution is 2.33. The molecule has 1 heterocycles. The van der Waals surface area contributed by atoms with Crippen LogP contribution in [0.5, 0.6) is 0 Å². The highest BCUT2D eigenvalue weighted by atomic mass is 79.9. The standard InChI is InChI=1S/C14H18BrNO2/c1-14(2)4-3-5-16(9-14)12-7-10(13(17)18)6-11(15)8-12/h6-8H,3-5,9H2,1-2H3,(H,17,18). The van der Waals surface area contributed by atoms with Crippen molar-refractivity contribution in [1.82, 2.24) is 0 Å². The molecule has 1 aromatic rings. The summed E-state index contributed by atoms with van der Waals surface area (Å²) >= 11 is 3.39. The van der Waals surface area contributed by atoms with E-state index in [4.69, 9.17) is 5.11 Å². The predicted molar refractivity (Wildman–Crippen MR) is 76.3 cm³/mol. The number of carboxylic acid groups (broad SMARTS) is 1. The van der Waals surface area contributed by atoms with Crippen molar-refractivity contribution < 1.29 is 9.90 Å². The minimum atomic E-state index is -0.881. The number of carbonyl (C=O) groups is 1. The van der Waals surface area contributed by atoms with E-state index in [9.17, 15) is 4.79 Å². The Morgan fingerprint density at radius 2 is 2.11 bits per heavy atom. The van der Waals surface area contributed by atoms with Crippen LogP contribution in [0.25, 0.3) is 0 Å². The third-order valence-electron chi connectivity index (χ3n) is 3.40. The molecule has 4 heteroatoms. The van der Waals surface area contributed by atoms with E-state index in [2.05, 4.69) is 34.7 Å². The zero-order valence-electron chi connectivity index (χ0n) is 10.7. The van der Waals surface area contributed by atoms with Crippen molar-refractivity contribution in [2.75, 3.05) is 18.0 Å². The molecular formula is C14H18BrNO2. The Hall–Kier alpha value is -1.03. The van der Waals surface area contributed by atoms with Gasteiger partial charge in [0.05, 0.1) is 5.56 Å². The molecule has 0 atom stereocenters. The minimum Gasteiger partial charge on any atom is -0.478 e. The number of benzene rings is 1. The number of nitrogens with zero attached hydrogens (tertiary/aromatic N) is 1. The van der Waals surface area contributed by atoms with Gasteiger partial charge in [-0.15, -0.1) is 0 Å². The van der Waals surface area contributed by atoms with Crippen molar-refractivity contribution in [3.63, 3.8) is 0 Å². The van der Waals surface area contributed by atoms with Crippen molar-refractivity contribution in [3.05, 3.63) is 28.2 Å². The number of piperidine rings is 1. The van der Waals surface area contributed by atoms with Crippen LogP contribution in [-0.4, -0.2) is 24.2 Å². The summed E-state index contributed by atoms with van der Waals surface area (Å²) in [5.74, 6) is -0.881. The molecule has 18 heavy (non-hydrogen) atoms. The predicted octanol–water partition coefficient (Wildman–Crippen LogP) is 3.77. The summed E-state index contributed by atoms with van der Waals surface area (Å²) in [7, 11) is 0. The fourth-order valence-electron chi connectivity index (χ4n) is 2.52. The molecule has 0 radical (unpaired) electrons. The number of halogens is 1. The second kappa shape index (κ2) is 4.92. The van der Waals surface area contributed by atoms with Crippen LogP contribution in [0.2, 0.25) is 0 Å². The van der Waals surface area contributed by atoms with Gasteiger partial charge < -0.3 is 10.0 Å². The topological polar surface area (TPSA) is 40.5 Å². The molecule has 98 valence electrons. The minimum absolute atomic E-state index is 0.296. The zero-order valence-corrected chi connectivity index (χ0v) is 12.3. The van der Waals surface area contributed by atoms with Gasteiger partial charge in [0.25, 0.3) is 0 Å². The smallest absolute Gasteiger partial charge is 0.335 e. The summed E-state index contributed by atoms with van der Waals surface area (Å²) in [5, 5.41) is 9.10. The number of anilines is 1. The lowest BCUT2D eigenvalue weighted by molar-refractivity contribution is 0.0697. The summed E-state index contributed by atoms with van der Waals surface area (Å²) in [6.07, 6.45) is 2.38. The second-order valence-electron chi connectivity index (χ2n) is 5.69. The Labute approximate surface area is 116 Å². The molecule has 3 nitrogen and oxygen atoms in total. The van der Waals surface area contributed by atoms with E-state index in [1.165, 1.54) is 6.42 Å². The van der Waals surface area contributed by atoms with E-state index >= 15 is 0 Å². The Morgan fingerprint density at radius 1 is 1.39 bits per heavy atom. The van der Waals surface area contributed by atoms with Crippen LogP contribution in [0.4, 0.5) is 5.69 Å². The molecule has 1 aliphatic rings. The number of aromatic carboxylic acids is 1. The zero-order chi connectivity index (χ0) is 13.3. The second-order valence-corrected chi connectivity index (χ2v) is 6.61. The molecule has 1 aliphatic heterocycles. The third-order valence-corrected chi connectivity index (χ3v) is 3.85. The van der Waals surface area contributed by atoms with Crippen molar-refractivity contribution >= 4 is 27.6 Å². The van der Waals surface area contributed by atoms with Crippen LogP contribution in [0.3, 0.4) is 0 Å². The van der Waals surface area contributed by atoms with Gasteiger partial charge in [0.15, 0.2) is 0 Å². The van der Waals surface area contributed by atoms with Crippen LogP contribution in [0.15, 0.2) is 22.7 Å². The van der Waals surface area contributed by atoms with Crippen molar-refractivity contribution in [2.24, 2.45) is 5.41 Å². The maximum atomic E-state index is 11.1. The lowest BCUT2D eigenvalue weighted by Crippen LogP contribution is -2.40. The Bertz CT molecular complexity index is 471. The quantitative estimate of drug-likeness (QED) is 0.903. The highest BCUT2D eigenvalue weighted by Gasteiger charge is 2.26. The summed E-state index contributed by atoms with van der Waals surface area (Å²) in [5.41, 5.74) is 1.63. The molecule has 0 amide bonds. The van der Waals surface area contributed by atoms with Crippen LogP contribution >= 0.6 is 15.9 Å². The van der Waals surface area contributed by atoms with Gasteiger partial charge >= 0.3 is 5.97 Å². The van der Waals surface area contributed by atoms with Gasteiger partial charge in [-0.05, 0) is 36.5 Å². The SMILES string of the molecule is CC1(C)CCCN(c2cc(Br)cc(C(=O)O)c2)C1. The Kier molecular flexibility index (Phi) is 3.66. The molecule has 2 rings (SSSR count). The summed E-state index contributed by atoms with van der Waals surface area (Å²) in [6, 6.07) is 5.39. The molecule has 0 unspecified atom stereocenters. The molecule has 1 saturated heterocycles. The molecule has 1 N–H and O–H groups in total. The monoisotopic (exact) mass is 311 g/mol. The van der Waals surface area contributed by atoms with Crippen molar-refractivity contribution in [3.8, 4) is 0 Å². The van der Waals surface area contributed by atoms with Gasteiger partial charge in [0.1, 0.15) is 0 Å². The molecule has 0 aromatic heterocycles. The molecule has 1 fully saturated rings. The van der Waals surface area contributed by atoms with E-state index in [1.807, 2.05) is 6.07 Å². The lowest BCUT2D eigenvalue weighted by atomic mass is 9.84. The molecule has 0 saturated carbocycles. The largest absolute Gasteiger partial charge is 0.478 e. The van der Waals surface area contributed by atoms with Crippen molar-refractivity contribution in [2.45, 2.75) is 26.7 Å². The van der Waals surface area contributed by atoms with Crippen LogP contribution in [0.1, 0.15) is 37.0 Å². The average Bonchev–Trinajstić information content (AvgIpc) is 2.26. The number of hydrogen-bond acceptors (Lipinski definition) is 2. The summed E-state index contributed by atoms with van der Waals surface area (Å²) in [6.45, 7) is 6.49. The van der Waals surface area contributed by atoms with Gasteiger partial charge in [0, 0.05) is 23.2 Å². The number of rotatable bonds is 2. The maximum Gasteiger partial charge on any atom is 0.335 e. The maximum absolute atomic E-state index is 11.1. The van der Waals surface area contributed by atoms with Crippen LogP contribution in [0, 0.1) is 5.41 Å². The van der Waals surface area contributed by atoms with Crippen LogP contribution in [-0.2, 0) is 0 Å². The van der Waals surface area contributed by atoms with Crippen molar-refractivity contribution in [1.29, 1.82) is 0 Å². The van der Waals surface area contributed by atoms with Gasteiger partial charge in [-0.1, -0.05) is 29.8 Å². The first-order valence-electron chi connectivity index (χ1n) is 6.16. The molecule has 1 aromatic carbocycles. The van der Waals surface area contributed by atoms with E-state index in [-0.39, 0.29) is 0 Å². The van der Waals surface area contributed by atoms with E-state index in [0.717, 1.165) is 29.7 Å². The van der Waals surface area contributed by atoms with E-state index in [1.54, 1.807) is 12.1 Å². The molecular weight excluding hydrogens is 294 g/mol. The number of carboxylic acids is 1. The average molecular weight is 312 g/mol. The lowest BCUT2D eigenvalue weighted by Gasteiger charge is -2.39. The first-order chi connectivity index (χ1) is 8.37. The van der Waals surface area contributed by atoms with E-state index < -0.39 is 5.97 Å². The fraction of sp³-hybridized carbons (Fsp3) is 0.500. The Balaban J connectivity index is 2.30. The van der Waals surface area contributed by atoms with Gasteiger partial charge in [-0.25, -0.2) is 4.79 Å². The first-order valence-corrected chi connectivity index (χ1v) is 6.95. The Morgan fingerprint density at radius 3 is 2.72 bits per heavy atom.